The molecular weight excluding hydrogens is 607 g/mol. The minimum Gasteiger partial charge on any atom is -0.456 e. The van der Waals surface area contributed by atoms with Crippen molar-refractivity contribution < 1.29 is 4.42 Å². The Labute approximate surface area is 292 Å². The molecule has 2 nitrogen and oxygen atoms in total. The second kappa shape index (κ2) is 12.8. The number of benzene rings is 8. The smallest absolute Gasteiger partial charge is 0.137 e. The van der Waals surface area contributed by atoms with Gasteiger partial charge in [0.1, 0.15) is 11.2 Å². The first-order valence-electron chi connectivity index (χ1n) is 17.0. The molecule has 9 aromatic rings. The second-order valence-electron chi connectivity index (χ2n) is 12.5. The van der Waals surface area contributed by atoms with Gasteiger partial charge in [-0.15, -0.1) is 0 Å². The number of para-hydroxylation sites is 3. The van der Waals surface area contributed by atoms with Crippen molar-refractivity contribution in [1.29, 1.82) is 0 Å². The molecule has 0 N–H and O–H groups in total. The van der Waals surface area contributed by atoms with E-state index in [0.717, 1.165) is 50.1 Å². The largest absolute Gasteiger partial charge is 0.456 e. The zero-order chi connectivity index (χ0) is 33.3. The summed E-state index contributed by atoms with van der Waals surface area (Å²) in [4.78, 5) is 2.35. The van der Waals surface area contributed by atoms with Gasteiger partial charge in [-0.3, -0.25) is 0 Å². The standard InChI is InChI=1S/C48H33NO/c1-4-16-34(17-5-1)36-28-30-41(40-23-11-10-22-39(40)35-18-6-2-7-19-35)45(32-36)42-24-12-14-26-46(42)49(37-20-8-3-9-21-37)38-29-31-44-43-25-13-15-27-47(43)50-48(44)33-38/h1-33H. The molecule has 0 amide bonds. The summed E-state index contributed by atoms with van der Waals surface area (Å²) in [7, 11) is 0. The molecule has 50 heavy (non-hydrogen) atoms. The van der Waals surface area contributed by atoms with Crippen molar-refractivity contribution in [3.8, 4) is 44.5 Å². The van der Waals surface area contributed by atoms with Gasteiger partial charge in [0.2, 0.25) is 0 Å². The van der Waals surface area contributed by atoms with Gasteiger partial charge in [-0.1, -0.05) is 152 Å². The summed E-state index contributed by atoms with van der Waals surface area (Å²) in [5.74, 6) is 0. The molecule has 0 bridgehead atoms. The number of furan rings is 1. The summed E-state index contributed by atoms with van der Waals surface area (Å²) in [5.41, 5.74) is 14.4. The molecule has 1 aromatic heterocycles. The molecule has 8 aromatic carbocycles. The van der Waals surface area contributed by atoms with Crippen LogP contribution in [0.5, 0.6) is 0 Å². The van der Waals surface area contributed by atoms with E-state index in [9.17, 15) is 0 Å². The van der Waals surface area contributed by atoms with Crippen LogP contribution in [0.15, 0.2) is 205 Å². The number of hydrogen-bond acceptors (Lipinski definition) is 2. The normalized spacial score (nSPS) is 11.2. The number of fused-ring (bicyclic) bond motifs is 3. The lowest BCUT2D eigenvalue weighted by Crippen LogP contribution is -2.11. The first-order valence-corrected chi connectivity index (χ1v) is 17.0. The molecule has 1 heterocycles. The van der Waals surface area contributed by atoms with Crippen LogP contribution in [0.2, 0.25) is 0 Å². The van der Waals surface area contributed by atoms with Gasteiger partial charge in [-0.05, 0) is 81.4 Å². The van der Waals surface area contributed by atoms with Crippen molar-refractivity contribution in [3.05, 3.63) is 200 Å². The van der Waals surface area contributed by atoms with Crippen LogP contribution < -0.4 is 4.90 Å². The molecule has 236 valence electrons. The van der Waals surface area contributed by atoms with Crippen LogP contribution in [0.3, 0.4) is 0 Å². The average molecular weight is 640 g/mol. The summed E-state index contributed by atoms with van der Waals surface area (Å²) in [6.45, 7) is 0. The molecule has 0 saturated carbocycles. The lowest BCUT2D eigenvalue weighted by atomic mass is 9.87. The zero-order valence-corrected chi connectivity index (χ0v) is 27.4. The predicted molar refractivity (Wildman–Crippen MR) is 210 cm³/mol. The Morgan fingerprint density at radius 2 is 0.880 bits per heavy atom. The number of nitrogens with zero attached hydrogens (tertiary/aromatic N) is 1. The highest BCUT2D eigenvalue weighted by Crippen LogP contribution is 2.47. The van der Waals surface area contributed by atoms with Gasteiger partial charge in [-0.2, -0.15) is 0 Å². The van der Waals surface area contributed by atoms with E-state index < -0.39 is 0 Å². The first-order chi connectivity index (χ1) is 24.8. The van der Waals surface area contributed by atoms with E-state index >= 15 is 0 Å². The summed E-state index contributed by atoms with van der Waals surface area (Å²) in [6.07, 6.45) is 0. The minimum absolute atomic E-state index is 0.866. The van der Waals surface area contributed by atoms with Crippen molar-refractivity contribution in [2.45, 2.75) is 0 Å². The second-order valence-corrected chi connectivity index (χ2v) is 12.5. The van der Waals surface area contributed by atoms with Crippen LogP contribution >= 0.6 is 0 Å². The molecule has 0 radical (unpaired) electrons. The molecular formula is C48H33NO. The molecule has 0 spiro atoms. The molecule has 9 rings (SSSR count). The van der Waals surface area contributed by atoms with Crippen LogP contribution in [-0.2, 0) is 0 Å². The zero-order valence-electron chi connectivity index (χ0n) is 27.4. The van der Waals surface area contributed by atoms with E-state index in [1.807, 2.05) is 12.1 Å². The first kappa shape index (κ1) is 29.5. The Morgan fingerprint density at radius 1 is 0.300 bits per heavy atom. The number of anilines is 3. The third-order valence-corrected chi connectivity index (χ3v) is 9.50. The highest BCUT2D eigenvalue weighted by molar-refractivity contribution is 6.06. The maximum Gasteiger partial charge on any atom is 0.137 e. The SMILES string of the molecule is c1ccc(-c2ccc(-c3ccccc3-c3ccccc3)c(-c3ccccc3N(c3ccccc3)c3ccc4c(c3)oc3ccccc34)c2)cc1. The van der Waals surface area contributed by atoms with Gasteiger partial charge in [0.25, 0.3) is 0 Å². The van der Waals surface area contributed by atoms with E-state index in [-0.39, 0.29) is 0 Å². The Bertz CT molecular complexity index is 2590. The average Bonchev–Trinajstić information content (AvgIpc) is 3.57. The lowest BCUT2D eigenvalue weighted by Gasteiger charge is -2.28. The van der Waals surface area contributed by atoms with Crippen LogP contribution in [0.25, 0.3) is 66.4 Å². The third kappa shape index (κ3) is 5.34. The van der Waals surface area contributed by atoms with Gasteiger partial charge in [0, 0.05) is 33.8 Å². The Hall–Kier alpha value is -6.64. The van der Waals surface area contributed by atoms with E-state index in [1.165, 1.54) is 33.4 Å². The molecule has 0 atom stereocenters. The van der Waals surface area contributed by atoms with E-state index in [2.05, 4.69) is 193 Å². The maximum atomic E-state index is 6.40. The molecule has 0 unspecified atom stereocenters. The summed E-state index contributed by atoms with van der Waals surface area (Å²) in [6, 6.07) is 71.1. The van der Waals surface area contributed by atoms with Gasteiger partial charge in [-0.25, -0.2) is 0 Å². The van der Waals surface area contributed by atoms with Crippen LogP contribution in [0, 0.1) is 0 Å². The molecule has 0 aliphatic heterocycles. The summed E-state index contributed by atoms with van der Waals surface area (Å²) in [5, 5.41) is 2.24. The van der Waals surface area contributed by atoms with Crippen LogP contribution in [0.4, 0.5) is 17.1 Å². The summed E-state index contributed by atoms with van der Waals surface area (Å²) >= 11 is 0. The van der Waals surface area contributed by atoms with Crippen LogP contribution in [-0.4, -0.2) is 0 Å². The van der Waals surface area contributed by atoms with Crippen molar-refractivity contribution in [1.82, 2.24) is 0 Å². The molecule has 0 aliphatic rings. The maximum absolute atomic E-state index is 6.40. The quantitative estimate of drug-likeness (QED) is 0.173. The number of rotatable bonds is 7. The monoisotopic (exact) mass is 639 g/mol. The van der Waals surface area contributed by atoms with Gasteiger partial charge >= 0.3 is 0 Å². The molecule has 2 heteroatoms. The van der Waals surface area contributed by atoms with Crippen molar-refractivity contribution >= 4 is 39.0 Å². The molecule has 0 saturated heterocycles. The molecule has 0 fully saturated rings. The van der Waals surface area contributed by atoms with Crippen LogP contribution in [0.1, 0.15) is 0 Å². The van der Waals surface area contributed by atoms with Crippen molar-refractivity contribution in [2.75, 3.05) is 4.90 Å². The van der Waals surface area contributed by atoms with Crippen molar-refractivity contribution in [2.24, 2.45) is 0 Å². The highest BCUT2D eigenvalue weighted by Gasteiger charge is 2.21. The van der Waals surface area contributed by atoms with E-state index in [1.54, 1.807) is 0 Å². The van der Waals surface area contributed by atoms with E-state index in [4.69, 9.17) is 4.42 Å². The minimum atomic E-state index is 0.866. The third-order valence-electron chi connectivity index (χ3n) is 9.50. The fourth-order valence-corrected chi connectivity index (χ4v) is 7.15. The Morgan fingerprint density at radius 3 is 1.66 bits per heavy atom. The number of hydrogen-bond donors (Lipinski definition) is 0. The fraction of sp³-hybridized carbons (Fsp3) is 0. The van der Waals surface area contributed by atoms with Crippen molar-refractivity contribution in [3.63, 3.8) is 0 Å². The predicted octanol–water partition coefficient (Wildman–Crippen LogP) is 13.7. The van der Waals surface area contributed by atoms with Gasteiger partial charge in [0.15, 0.2) is 0 Å². The fourth-order valence-electron chi connectivity index (χ4n) is 7.15. The topological polar surface area (TPSA) is 16.4 Å². The van der Waals surface area contributed by atoms with Gasteiger partial charge in [0.05, 0.1) is 5.69 Å². The van der Waals surface area contributed by atoms with Gasteiger partial charge < -0.3 is 9.32 Å². The van der Waals surface area contributed by atoms with E-state index in [0.29, 0.717) is 0 Å². The Balaban J connectivity index is 1.29. The Kier molecular flexibility index (Phi) is 7.53. The lowest BCUT2D eigenvalue weighted by molar-refractivity contribution is 0.669. The summed E-state index contributed by atoms with van der Waals surface area (Å²) < 4.78 is 6.40. The highest BCUT2D eigenvalue weighted by atomic mass is 16.3. The molecule has 0 aliphatic carbocycles.